The van der Waals surface area contributed by atoms with Gasteiger partial charge >= 0.3 is 5.69 Å². The van der Waals surface area contributed by atoms with Crippen molar-refractivity contribution in [2.45, 2.75) is 38.6 Å². The molecular formula is C15H21N3O3. The summed E-state index contributed by atoms with van der Waals surface area (Å²) in [6.45, 7) is 2.21. The van der Waals surface area contributed by atoms with Crippen LogP contribution in [0.5, 0.6) is 0 Å². The van der Waals surface area contributed by atoms with E-state index in [1.807, 2.05) is 0 Å². The molecule has 21 heavy (non-hydrogen) atoms. The molecule has 114 valence electrons. The van der Waals surface area contributed by atoms with E-state index >= 15 is 0 Å². The molecular weight excluding hydrogens is 270 g/mol. The van der Waals surface area contributed by atoms with Gasteiger partial charge in [0.1, 0.15) is 11.3 Å². The zero-order valence-electron chi connectivity index (χ0n) is 12.4. The zero-order chi connectivity index (χ0) is 15.6. The number of hydrogen-bond acceptors (Lipinski definition) is 4. The number of carbonyl (C=O) groups is 1. The molecule has 0 bridgehead atoms. The lowest BCUT2D eigenvalue weighted by Gasteiger charge is -2.33. The SMILES string of the molecule is CC1CCC(N(C)C(=O)c2cccc(N)c2[N+](=O)[O-])CC1. The molecule has 2 N–H and O–H groups in total. The highest BCUT2D eigenvalue weighted by atomic mass is 16.6. The Kier molecular flexibility index (Phi) is 4.45. The Bertz CT molecular complexity index is 551. The lowest BCUT2D eigenvalue weighted by atomic mass is 9.86. The molecule has 1 saturated carbocycles. The Hall–Kier alpha value is -2.11. The van der Waals surface area contributed by atoms with Crippen LogP contribution in [0.3, 0.4) is 0 Å². The van der Waals surface area contributed by atoms with Crippen molar-refractivity contribution >= 4 is 17.3 Å². The molecule has 6 heteroatoms. The molecule has 6 nitrogen and oxygen atoms in total. The second-order valence-electron chi connectivity index (χ2n) is 5.83. The standard InChI is InChI=1S/C15H21N3O3/c1-10-6-8-11(9-7-10)17(2)15(19)12-4-3-5-13(16)14(12)18(20)21/h3-5,10-11H,6-9,16H2,1-2H3. The van der Waals surface area contributed by atoms with E-state index in [0.29, 0.717) is 5.92 Å². The lowest BCUT2D eigenvalue weighted by molar-refractivity contribution is -0.384. The van der Waals surface area contributed by atoms with E-state index in [1.54, 1.807) is 18.0 Å². The molecule has 1 aromatic carbocycles. The monoisotopic (exact) mass is 291 g/mol. The lowest BCUT2D eigenvalue weighted by Crippen LogP contribution is -2.39. The highest BCUT2D eigenvalue weighted by Crippen LogP contribution is 2.30. The number of nitro groups is 1. The molecule has 0 heterocycles. The third kappa shape index (κ3) is 3.15. The van der Waals surface area contributed by atoms with Crippen molar-refractivity contribution in [1.82, 2.24) is 4.90 Å². The van der Waals surface area contributed by atoms with Crippen LogP contribution in [0.15, 0.2) is 18.2 Å². The molecule has 0 aliphatic heterocycles. The summed E-state index contributed by atoms with van der Waals surface area (Å²) in [5.41, 5.74) is 5.45. The van der Waals surface area contributed by atoms with Gasteiger partial charge in [0, 0.05) is 13.1 Å². The van der Waals surface area contributed by atoms with Crippen molar-refractivity contribution in [3.63, 3.8) is 0 Å². The maximum atomic E-state index is 12.6. The number of benzene rings is 1. The van der Waals surface area contributed by atoms with Crippen molar-refractivity contribution < 1.29 is 9.72 Å². The maximum absolute atomic E-state index is 12.6. The van der Waals surface area contributed by atoms with Gasteiger partial charge in [-0.05, 0) is 43.7 Å². The minimum absolute atomic E-state index is 0.0246. The average molecular weight is 291 g/mol. The smallest absolute Gasteiger partial charge is 0.304 e. The van der Waals surface area contributed by atoms with E-state index in [1.165, 1.54) is 12.1 Å². The highest BCUT2D eigenvalue weighted by Gasteiger charge is 2.30. The third-order valence-electron chi connectivity index (χ3n) is 4.33. The van der Waals surface area contributed by atoms with Crippen LogP contribution in [0.2, 0.25) is 0 Å². The van der Waals surface area contributed by atoms with Crippen molar-refractivity contribution in [2.24, 2.45) is 5.92 Å². The second-order valence-corrected chi connectivity index (χ2v) is 5.83. The van der Waals surface area contributed by atoms with Gasteiger partial charge in [-0.25, -0.2) is 0 Å². The Labute approximate surface area is 124 Å². The van der Waals surface area contributed by atoms with Crippen LogP contribution in [0.25, 0.3) is 0 Å². The molecule has 1 aromatic rings. The van der Waals surface area contributed by atoms with Gasteiger partial charge in [0.05, 0.1) is 4.92 Å². The first-order valence-corrected chi connectivity index (χ1v) is 7.21. The molecule has 0 radical (unpaired) electrons. The van der Waals surface area contributed by atoms with E-state index < -0.39 is 4.92 Å². The van der Waals surface area contributed by atoms with Crippen LogP contribution < -0.4 is 5.73 Å². The molecule has 1 aliphatic rings. The molecule has 0 spiro atoms. The Balaban J connectivity index is 2.24. The topological polar surface area (TPSA) is 89.5 Å². The number of nitro benzene ring substituents is 1. The van der Waals surface area contributed by atoms with Gasteiger partial charge in [-0.1, -0.05) is 13.0 Å². The third-order valence-corrected chi connectivity index (χ3v) is 4.33. The molecule has 2 rings (SSSR count). The van der Waals surface area contributed by atoms with Gasteiger partial charge in [-0.3, -0.25) is 14.9 Å². The maximum Gasteiger partial charge on any atom is 0.304 e. The van der Waals surface area contributed by atoms with Crippen LogP contribution in [0.4, 0.5) is 11.4 Å². The molecule has 0 saturated heterocycles. The number of nitrogens with two attached hydrogens (primary N) is 1. The summed E-state index contributed by atoms with van der Waals surface area (Å²) in [5, 5.41) is 11.1. The van der Waals surface area contributed by atoms with Crippen molar-refractivity contribution in [3.8, 4) is 0 Å². The predicted octanol–water partition coefficient (Wildman–Crippen LogP) is 2.83. The van der Waals surface area contributed by atoms with Gasteiger partial charge < -0.3 is 10.6 Å². The second kappa shape index (κ2) is 6.11. The van der Waals surface area contributed by atoms with E-state index in [0.717, 1.165) is 25.7 Å². The summed E-state index contributed by atoms with van der Waals surface area (Å²) in [6, 6.07) is 4.64. The summed E-state index contributed by atoms with van der Waals surface area (Å²) in [5.74, 6) is 0.361. The summed E-state index contributed by atoms with van der Waals surface area (Å²) < 4.78 is 0. The number of nitrogens with zero attached hydrogens (tertiary/aromatic N) is 2. The van der Waals surface area contributed by atoms with Crippen molar-refractivity contribution in [1.29, 1.82) is 0 Å². The van der Waals surface area contributed by atoms with Crippen LogP contribution in [0, 0.1) is 16.0 Å². The predicted molar refractivity (Wildman–Crippen MR) is 81.0 cm³/mol. The molecule has 0 aromatic heterocycles. The summed E-state index contributed by atoms with van der Waals surface area (Å²) >= 11 is 0. The number of rotatable bonds is 3. The first kappa shape index (κ1) is 15.3. The summed E-state index contributed by atoms with van der Waals surface area (Å²) in [4.78, 5) is 24.8. The minimum atomic E-state index is -0.584. The van der Waals surface area contributed by atoms with Crippen LogP contribution in [-0.4, -0.2) is 28.8 Å². The molecule has 1 amide bonds. The van der Waals surface area contributed by atoms with E-state index in [-0.39, 0.29) is 28.9 Å². The Morgan fingerprint density at radius 1 is 1.33 bits per heavy atom. The zero-order valence-corrected chi connectivity index (χ0v) is 12.4. The number of nitrogen functional groups attached to an aromatic ring is 1. The molecule has 0 atom stereocenters. The van der Waals surface area contributed by atoms with Crippen LogP contribution in [0.1, 0.15) is 43.0 Å². The number of para-hydroxylation sites is 1. The van der Waals surface area contributed by atoms with Gasteiger partial charge in [0.2, 0.25) is 0 Å². The largest absolute Gasteiger partial charge is 0.393 e. The first-order valence-electron chi connectivity index (χ1n) is 7.21. The van der Waals surface area contributed by atoms with E-state index in [2.05, 4.69) is 6.92 Å². The van der Waals surface area contributed by atoms with Crippen LogP contribution in [-0.2, 0) is 0 Å². The van der Waals surface area contributed by atoms with Gasteiger partial charge in [0.15, 0.2) is 0 Å². The molecule has 1 fully saturated rings. The fourth-order valence-corrected chi connectivity index (χ4v) is 2.92. The number of amides is 1. The highest BCUT2D eigenvalue weighted by molar-refractivity contribution is 6.00. The number of anilines is 1. The fourth-order valence-electron chi connectivity index (χ4n) is 2.92. The van der Waals surface area contributed by atoms with Gasteiger partial charge in [0.25, 0.3) is 5.91 Å². The Morgan fingerprint density at radius 3 is 2.52 bits per heavy atom. The number of carbonyl (C=O) groups excluding carboxylic acids is 1. The molecule has 1 aliphatic carbocycles. The normalized spacial score (nSPS) is 21.8. The van der Waals surface area contributed by atoms with E-state index in [9.17, 15) is 14.9 Å². The molecule has 0 unspecified atom stereocenters. The van der Waals surface area contributed by atoms with Crippen molar-refractivity contribution in [3.05, 3.63) is 33.9 Å². The minimum Gasteiger partial charge on any atom is -0.393 e. The summed E-state index contributed by atoms with van der Waals surface area (Å²) in [7, 11) is 1.72. The fraction of sp³-hybridized carbons (Fsp3) is 0.533. The number of hydrogen-bond donors (Lipinski definition) is 1. The van der Waals surface area contributed by atoms with Gasteiger partial charge in [-0.2, -0.15) is 0 Å². The van der Waals surface area contributed by atoms with Crippen molar-refractivity contribution in [2.75, 3.05) is 12.8 Å². The van der Waals surface area contributed by atoms with Crippen LogP contribution >= 0.6 is 0 Å². The van der Waals surface area contributed by atoms with E-state index in [4.69, 9.17) is 5.73 Å². The summed E-state index contributed by atoms with van der Waals surface area (Å²) in [6.07, 6.45) is 4.06. The average Bonchev–Trinajstić information content (AvgIpc) is 2.46. The van der Waals surface area contributed by atoms with Gasteiger partial charge in [-0.15, -0.1) is 0 Å². The quantitative estimate of drug-likeness (QED) is 0.527. The first-order chi connectivity index (χ1) is 9.91. The Morgan fingerprint density at radius 2 is 1.95 bits per heavy atom.